The molecule has 0 rings (SSSR count). The second-order valence-electron chi connectivity index (χ2n) is 0.777. The number of nitrogens with two attached hydrogens (primary N) is 2. The second kappa shape index (κ2) is 15.8. The lowest BCUT2D eigenvalue weighted by atomic mass is 11.3. The van der Waals surface area contributed by atoms with Crippen LogP contribution in [0.5, 0.6) is 0 Å². The van der Waals surface area contributed by atoms with Gasteiger partial charge in [-0.1, -0.05) is 0 Å². The Morgan fingerprint density at radius 1 is 1.38 bits per heavy atom. The highest BCUT2D eigenvalue weighted by atomic mass is 16.7. The third-order valence-electron chi connectivity index (χ3n) is 0.319. The molecule has 0 aliphatic rings. The molecule has 0 unspecified atom stereocenters. The molecule has 4 heteroatoms. The van der Waals surface area contributed by atoms with Crippen molar-refractivity contribution >= 4 is 0 Å². The van der Waals surface area contributed by atoms with Crippen LogP contribution in [0.1, 0.15) is 0 Å². The summed E-state index contributed by atoms with van der Waals surface area (Å²) in [5.74, 6) is 0. The van der Waals surface area contributed by atoms with Crippen LogP contribution in [0.25, 0.3) is 0 Å². The van der Waals surface area contributed by atoms with Crippen molar-refractivity contribution in [2.45, 2.75) is 0 Å². The van der Waals surface area contributed by atoms with E-state index < -0.39 is 0 Å². The highest BCUT2D eigenvalue weighted by Gasteiger charge is 1.71. The molecule has 0 heterocycles. The molecule has 0 saturated carbocycles. The molecule has 0 atom stereocenters. The first-order valence-electron chi connectivity index (χ1n) is 2.26. The summed E-state index contributed by atoms with van der Waals surface area (Å²) in [6.45, 7) is 0.518. The maximum Gasteiger partial charge on any atom is 0.148 e. The van der Waals surface area contributed by atoms with E-state index in [-0.39, 0.29) is 13.5 Å². The molecule has 4 nitrogen and oxygen atoms in total. The standard InChI is InChI=1S/C3H9NO2.CH5N/c1-5-3-6-2-4;1-2/h2-4H2,1H3;2H2,1H3. The Morgan fingerprint density at radius 3 is 2.00 bits per heavy atom. The predicted molar refractivity (Wildman–Crippen MR) is 32.1 cm³/mol. The maximum atomic E-state index is 4.91. The van der Waals surface area contributed by atoms with E-state index in [1.54, 1.807) is 7.11 Å². The normalized spacial score (nSPS) is 7.50. The van der Waals surface area contributed by atoms with E-state index in [0.29, 0.717) is 0 Å². The van der Waals surface area contributed by atoms with E-state index in [2.05, 4.69) is 15.2 Å². The Kier molecular flexibility index (Phi) is 21.3. The van der Waals surface area contributed by atoms with E-state index in [4.69, 9.17) is 5.73 Å². The Balaban J connectivity index is 0. The predicted octanol–water partition coefficient (Wildman–Crippen LogP) is -0.902. The van der Waals surface area contributed by atoms with Crippen molar-refractivity contribution in [1.29, 1.82) is 0 Å². The van der Waals surface area contributed by atoms with Crippen LogP contribution in [0.3, 0.4) is 0 Å². The van der Waals surface area contributed by atoms with Crippen LogP contribution in [0.2, 0.25) is 0 Å². The summed E-state index contributed by atoms with van der Waals surface area (Å²) in [4.78, 5) is 0. The first-order valence-corrected chi connectivity index (χ1v) is 2.26. The summed E-state index contributed by atoms with van der Waals surface area (Å²) in [6.07, 6.45) is 0. The summed E-state index contributed by atoms with van der Waals surface area (Å²) in [7, 11) is 3.05. The van der Waals surface area contributed by atoms with Crippen LogP contribution < -0.4 is 11.5 Å². The lowest BCUT2D eigenvalue weighted by Gasteiger charge is -1.93. The van der Waals surface area contributed by atoms with Crippen molar-refractivity contribution in [2.75, 3.05) is 27.7 Å². The number of ether oxygens (including phenoxy) is 2. The van der Waals surface area contributed by atoms with Crippen LogP contribution in [-0.2, 0) is 9.47 Å². The topological polar surface area (TPSA) is 70.5 Å². The minimum Gasteiger partial charge on any atom is -0.359 e. The van der Waals surface area contributed by atoms with Crippen LogP contribution in [0.15, 0.2) is 0 Å². The highest BCUT2D eigenvalue weighted by molar-refractivity contribution is 3.98. The zero-order valence-corrected chi connectivity index (χ0v) is 5.39. The van der Waals surface area contributed by atoms with Crippen molar-refractivity contribution < 1.29 is 9.47 Å². The second-order valence-corrected chi connectivity index (χ2v) is 0.777. The van der Waals surface area contributed by atoms with Gasteiger partial charge in [0, 0.05) is 7.11 Å². The third-order valence-corrected chi connectivity index (χ3v) is 0.319. The lowest BCUT2D eigenvalue weighted by molar-refractivity contribution is -0.0278. The molecule has 0 amide bonds. The van der Waals surface area contributed by atoms with Gasteiger partial charge in [-0.15, -0.1) is 0 Å². The Bertz CT molecular complexity index is 24.0. The molecule has 0 aromatic carbocycles. The molecular weight excluding hydrogens is 108 g/mol. The van der Waals surface area contributed by atoms with Gasteiger partial charge in [0.05, 0.1) is 6.73 Å². The van der Waals surface area contributed by atoms with Gasteiger partial charge < -0.3 is 20.9 Å². The fourth-order valence-corrected chi connectivity index (χ4v) is 0.131. The van der Waals surface area contributed by atoms with Crippen LogP contribution >= 0.6 is 0 Å². The van der Waals surface area contributed by atoms with E-state index >= 15 is 0 Å². The highest BCUT2D eigenvalue weighted by Crippen LogP contribution is 1.64. The molecule has 0 fully saturated rings. The minimum absolute atomic E-state index is 0.230. The van der Waals surface area contributed by atoms with Gasteiger partial charge in [-0.25, -0.2) is 0 Å². The summed E-state index contributed by atoms with van der Waals surface area (Å²) < 4.78 is 9.02. The molecule has 52 valence electrons. The van der Waals surface area contributed by atoms with E-state index in [9.17, 15) is 0 Å². The number of methoxy groups -OCH3 is 1. The maximum absolute atomic E-state index is 4.91. The van der Waals surface area contributed by atoms with E-state index in [1.165, 1.54) is 7.05 Å². The molecule has 0 aliphatic heterocycles. The minimum atomic E-state index is 0.230. The Morgan fingerprint density at radius 2 is 1.88 bits per heavy atom. The number of hydrogen-bond acceptors (Lipinski definition) is 4. The molecule has 0 bridgehead atoms. The van der Waals surface area contributed by atoms with E-state index in [1.807, 2.05) is 0 Å². The molecule has 4 N–H and O–H groups in total. The van der Waals surface area contributed by atoms with Crippen molar-refractivity contribution in [3.63, 3.8) is 0 Å². The van der Waals surface area contributed by atoms with Gasteiger partial charge in [0.25, 0.3) is 0 Å². The average Bonchev–Trinajstić information content (AvgIpc) is 1.88. The molecule has 8 heavy (non-hydrogen) atoms. The van der Waals surface area contributed by atoms with Gasteiger partial charge in [0.15, 0.2) is 0 Å². The van der Waals surface area contributed by atoms with E-state index in [0.717, 1.165) is 0 Å². The van der Waals surface area contributed by atoms with Crippen molar-refractivity contribution in [3.05, 3.63) is 0 Å². The Hall–Kier alpha value is -0.160. The van der Waals surface area contributed by atoms with Gasteiger partial charge >= 0.3 is 0 Å². The fraction of sp³-hybridized carbons (Fsp3) is 1.00. The molecule has 0 spiro atoms. The zero-order chi connectivity index (χ0) is 6.83. The lowest BCUT2D eigenvalue weighted by Crippen LogP contribution is -2.06. The van der Waals surface area contributed by atoms with Gasteiger partial charge in [0.2, 0.25) is 0 Å². The molecule has 0 aromatic heterocycles. The van der Waals surface area contributed by atoms with Gasteiger partial charge in [0.1, 0.15) is 6.79 Å². The Labute approximate surface area is 49.7 Å². The SMILES string of the molecule is CN.COCOCN. The fourth-order valence-electron chi connectivity index (χ4n) is 0.131. The van der Waals surface area contributed by atoms with Crippen LogP contribution in [-0.4, -0.2) is 27.7 Å². The molecule has 0 aliphatic carbocycles. The largest absolute Gasteiger partial charge is 0.359 e. The average molecular weight is 122 g/mol. The van der Waals surface area contributed by atoms with Crippen molar-refractivity contribution in [1.82, 2.24) is 0 Å². The summed E-state index contributed by atoms with van der Waals surface area (Å²) >= 11 is 0. The van der Waals surface area contributed by atoms with Crippen molar-refractivity contribution in [3.8, 4) is 0 Å². The molecule has 0 aromatic rings. The van der Waals surface area contributed by atoms with Gasteiger partial charge in [-0.3, -0.25) is 0 Å². The van der Waals surface area contributed by atoms with Crippen LogP contribution in [0.4, 0.5) is 0 Å². The molecular formula is C4H14N2O2. The summed E-state index contributed by atoms with van der Waals surface area (Å²) in [5, 5.41) is 0. The smallest absolute Gasteiger partial charge is 0.148 e. The third kappa shape index (κ3) is 17.0. The zero-order valence-electron chi connectivity index (χ0n) is 5.39. The summed E-state index contributed by atoms with van der Waals surface area (Å²) in [5.41, 5.74) is 9.41. The van der Waals surface area contributed by atoms with Gasteiger partial charge in [-0.05, 0) is 7.05 Å². The van der Waals surface area contributed by atoms with Crippen molar-refractivity contribution in [2.24, 2.45) is 11.5 Å². The van der Waals surface area contributed by atoms with Gasteiger partial charge in [-0.2, -0.15) is 0 Å². The van der Waals surface area contributed by atoms with Crippen LogP contribution in [0, 0.1) is 0 Å². The molecule has 0 saturated heterocycles. The first kappa shape index (κ1) is 10.8. The summed E-state index contributed by atoms with van der Waals surface area (Å²) in [6, 6.07) is 0. The monoisotopic (exact) mass is 122 g/mol. The molecule has 0 radical (unpaired) electrons. The number of rotatable bonds is 3. The first-order chi connectivity index (χ1) is 3.91. The number of hydrogen-bond donors (Lipinski definition) is 2. The quantitative estimate of drug-likeness (QED) is 0.376.